The molecule has 0 aliphatic heterocycles. The van der Waals surface area contributed by atoms with Gasteiger partial charge in [-0.3, -0.25) is 0 Å². The van der Waals surface area contributed by atoms with E-state index >= 15 is 0 Å². The predicted molar refractivity (Wildman–Crippen MR) is 64.0 cm³/mol. The van der Waals surface area contributed by atoms with Crippen molar-refractivity contribution in [3.05, 3.63) is 28.8 Å². The SMILES string of the molecule is Cc1ccc2nc(C(N)C3CC3)sc2c1. The Morgan fingerprint density at radius 1 is 1.47 bits per heavy atom. The van der Waals surface area contributed by atoms with Crippen molar-refractivity contribution in [3.63, 3.8) is 0 Å². The van der Waals surface area contributed by atoms with Crippen LogP contribution in [0.4, 0.5) is 0 Å². The van der Waals surface area contributed by atoms with Crippen molar-refractivity contribution in [2.45, 2.75) is 25.8 Å². The number of thiazole rings is 1. The first-order valence-corrected chi connectivity index (χ1v) is 6.18. The van der Waals surface area contributed by atoms with Gasteiger partial charge in [-0.15, -0.1) is 11.3 Å². The minimum atomic E-state index is 0.169. The largest absolute Gasteiger partial charge is 0.322 e. The summed E-state index contributed by atoms with van der Waals surface area (Å²) in [5, 5.41) is 1.11. The highest BCUT2D eigenvalue weighted by Crippen LogP contribution is 2.41. The van der Waals surface area contributed by atoms with Gasteiger partial charge in [-0.25, -0.2) is 4.98 Å². The van der Waals surface area contributed by atoms with Crippen LogP contribution in [0.15, 0.2) is 18.2 Å². The lowest BCUT2D eigenvalue weighted by Crippen LogP contribution is -2.11. The minimum Gasteiger partial charge on any atom is -0.322 e. The summed E-state index contributed by atoms with van der Waals surface area (Å²) in [6, 6.07) is 6.55. The molecule has 2 nitrogen and oxygen atoms in total. The Labute approximate surface area is 93.1 Å². The van der Waals surface area contributed by atoms with Crippen LogP contribution in [0.2, 0.25) is 0 Å². The minimum absolute atomic E-state index is 0.169. The molecule has 1 heterocycles. The van der Waals surface area contributed by atoms with Gasteiger partial charge in [0.25, 0.3) is 0 Å². The number of aromatic nitrogens is 1. The zero-order valence-corrected chi connectivity index (χ0v) is 9.55. The van der Waals surface area contributed by atoms with Crippen molar-refractivity contribution in [2.24, 2.45) is 11.7 Å². The third-order valence-electron chi connectivity index (χ3n) is 2.98. The highest BCUT2D eigenvalue weighted by atomic mass is 32.1. The van der Waals surface area contributed by atoms with Crippen LogP contribution in [0.3, 0.4) is 0 Å². The lowest BCUT2D eigenvalue weighted by atomic mass is 10.2. The molecule has 1 fully saturated rings. The first kappa shape index (κ1) is 9.31. The van der Waals surface area contributed by atoms with Gasteiger partial charge < -0.3 is 5.73 Å². The molecule has 1 aromatic carbocycles. The zero-order valence-electron chi connectivity index (χ0n) is 8.73. The summed E-state index contributed by atoms with van der Waals surface area (Å²) >= 11 is 1.75. The topological polar surface area (TPSA) is 38.9 Å². The van der Waals surface area contributed by atoms with Gasteiger partial charge in [0, 0.05) is 0 Å². The maximum Gasteiger partial charge on any atom is 0.111 e. The Bertz CT molecular complexity index is 499. The van der Waals surface area contributed by atoms with E-state index in [2.05, 4.69) is 30.1 Å². The van der Waals surface area contributed by atoms with Crippen molar-refractivity contribution in [3.8, 4) is 0 Å². The molecule has 0 amide bonds. The Balaban J connectivity index is 2.05. The lowest BCUT2D eigenvalue weighted by molar-refractivity contribution is 0.630. The van der Waals surface area contributed by atoms with Crippen LogP contribution in [-0.2, 0) is 0 Å². The van der Waals surface area contributed by atoms with Crippen molar-refractivity contribution in [2.75, 3.05) is 0 Å². The highest BCUT2D eigenvalue weighted by molar-refractivity contribution is 7.18. The Morgan fingerprint density at radius 3 is 3.00 bits per heavy atom. The van der Waals surface area contributed by atoms with E-state index in [0.29, 0.717) is 5.92 Å². The fourth-order valence-corrected chi connectivity index (χ4v) is 3.01. The van der Waals surface area contributed by atoms with Gasteiger partial charge in [0.2, 0.25) is 0 Å². The number of hydrogen-bond donors (Lipinski definition) is 1. The van der Waals surface area contributed by atoms with E-state index in [4.69, 9.17) is 5.73 Å². The number of benzene rings is 1. The van der Waals surface area contributed by atoms with Crippen LogP contribution in [-0.4, -0.2) is 4.98 Å². The molecule has 3 rings (SSSR count). The van der Waals surface area contributed by atoms with E-state index in [-0.39, 0.29) is 6.04 Å². The van der Waals surface area contributed by atoms with Gasteiger partial charge >= 0.3 is 0 Å². The van der Waals surface area contributed by atoms with Gasteiger partial charge in [-0.1, -0.05) is 6.07 Å². The Kier molecular flexibility index (Phi) is 2.04. The number of fused-ring (bicyclic) bond motifs is 1. The van der Waals surface area contributed by atoms with E-state index in [0.717, 1.165) is 10.5 Å². The molecule has 1 saturated carbocycles. The van der Waals surface area contributed by atoms with E-state index in [1.165, 1.54) is 23.1 Å². The first-order chi connectivity index (χ1) is 7.24. The van der Waals surface area contributed by atoms with Crippen LogP contribution in [0.1, 0.15) is 29.5 Å². The predicted octanol–water partition coefficient (Wildman–Crippen LogP) is 3.01. The average Bonchev–Trinajstić information content (AvgIpc) is 2.97. The molecule has 2 N–H and O–H groups in total. The van der Waals surface area contributed by atoms with Gasteiger partial charge in [0.15, 0.2) is 0 Å². The smallest absolute Gasteiger partial charge is 0.111 e. The number of aryl methyl sites for hydroxylation is 1. The zero-order chi connectivity index (χ0) is 10.4. The molecule has 78 valence electrons. The van der Waals surface area contributed by atoms with Gasteiger partial charge in [0.1, 0.15) is 5.01 Å². The molecular formula is C12H14N2S. The fourth-order valence-electron chi connectivity index (χ4n) is 1.85. The number of nitrogens with two attached hydrogens (primary N) is 1. The summed E-state index contributed by atoms with van der Waals surface area (Å²) in [5.74, 6) is 0.687. The third kappa shape index (κ3) is 1.66. The summed E-state index contributed by atoms with van der Waals surface area (Å²) in [6.07, 6.45) is 2.55. The quantitative estimate of drug-likeness (QED) is 0.841. The molecule has 0 radical (unpaired) electrons. The van der Waals surface area contributed by atoms with Crippen LogP contribution < -0.4 is 5.73 Å². The van der Waals surface area contributed by atoms with Crippen molar-refractivity contribution in [1.29, 1.82) is 0 Å². The second kappa shape index (κ2) is 3.29. The van der Waals surface area contributed by atoms with Crippen LogP contribution in [0.5, 0.6) is 0 Å². The summed E-state index contributed by atoms with van der Waals surface area (Å²) in [4.78, 5) is 4.61. The molecule has 1 atom stereocenters. The third-order valence-corrected chi connectivity index (χ3v) is 4.10. The van der Waals surface area contributed by atoms with Crippen LogP contribution in [0, 0.1) is 12.8 Å². The highest BCUT2D eigenvalue weighted by Gasteiger charge is 2.31. The maximum absolute atomic E-state index is 6.15. The standard InChI is InChI=1S/C12H14N2S/c1-7-2-5-9-10(6-7)15-12(14-9)11(13)8-3-4-8/h2,5-6,8,11H,3-4,13H2,1H3. The van der Waals surface area contributed by atoms with Gasteiger partial charge in [-0.05, 0) is 43.4 Å². The monoisotopic (exact) mass is 218 g/mol. The average molecular weight is 218 g/mol. The number of hydrogen-bond acceptors (Lipinski definition) is 3. The van der Waals surface area contributed by atoms with Crippen LogP contribution >= 0.6 is 11.3 Å². The molecule has 1 aromatic heterocycles. The summed E-state index contributed by atoms with van der Waals surface area (Å²) < 4.78 is 1.26. The molecule has 0 spiro atoms. The van der Waals surface area contributed by atoms with E-state index in [9.17, 15) is 0 Å². The number of nitrogens with zero attached hydrogens (tertiary/aromatic N) is 1. The van der Waals surface area contributed by atoms with Crippen molar-refractivity contribution < 1.29 is 0 Å². The molecule has 0 bridgehead atoms. The Hall–Kier alpha value is -0.930. The normalized spacial score (nSPS) is 18.3. The van der Waals surface area contributed by atoms with Gasteiger partial charge in [-0.2, -0.15) is 0 Å². The Morgan fingerprint density at radius 2 is 2.27 bits per heavy atom. The summed E-state index contributed by atoms with van der Waals surface area (Å²) in [7, 11) is 0. The van der Waals surface area contributed by atoms with E-state index in [1.54, 1.807) is 11.3 Å². The molecule has 3 heteroatoms. The molecule has 1 aliphatic rings. The molecule has 1 aliphatic carbocycles. The maximum atomic E-state index is 6.15. The molecule has 15 heavy (non-hydrogen) atoms. The fraction of sp³-hybridized carbons (Fsp3) is 0.417. The number of rotatable bonds is 2. The molecule has 0 saturated heterocycles. The van der Waals surface area contributed by atoms with E-state index < -0.39 is 0 Å². The first-order valence-electron chi connectivity index (χ1n) is 5.37. The molecular weight excluding hydrogens is 204 g/mol. The van der Waals surface area contributed by atoms with Crippen molar-refractivity contribution >= 4 is 21.6 Å². The van der Waals surface area contributed by atoms with E-state index in [1.807, 2.05) is 0 Å². The van der Waals surface area contributed by atoms with Gasteiger partial charge in [0.05, 0.1) is 16.3 Å². The second-order valence-corrected chi connectivity index (χ2v) is 5.45. The lowest BCUT2D eigenvalue weighted by Gasteiger charge is -2.03. The van der Waals surface area contributed by atoms with Crippen molar-refractivity contribution in [1.82, 2.24) is 4.98 Å². The van der Waals surface area contributed by atoms with Crippen LogP contribution in [0.25, 0.3) is 10.2 Å². The molecule has 1 unspecified atom stereocenters. The second-order valence-electron chi connectivity index (χ2n) is 4.39. The summed E-state index contributed by atoms with van der Waals surface area (Å²) in [5.41, 5.74) is 8.53. The molecule has 2 aromatic rings. The summed E-state index contributed by atoms with van der Waals surface area (Å²) in [6.45, 7) is 2.11.